The molecule has 0 fully saturated rings. The Morgan fingerprint density at radius 1 is 1.50 bits per heavy atom. The number of aromatic nitrogens is 2. The standard InChI is InChI=1S/C12H14N4OS/c1-2-18-10-6-4-3-5-8(10)14-12(17)9-7-11(13)16-15-9/h3-7H,2H2,1H3,(H,14,17)(H3,13,15,16). The van der Waals surface area contributed by atoms with Gasteiger partial charge in [0.05, 0.1) is 5.69 Å². The molecule has 18 heavy (non-hydrogen) atoms. The van der Waals surface area contributed by atoms with Gasteiger partial charge < -0.3 is 11.1 Å². The fourth-order valence-corrected chi connectivity index (χ4v) is 2.25. The molecule has 0 saturated carbocycles. The Morgan fingerprint density at radius 3 is 2.94 bits per heavy atom. The number of anilines is 2. The number of H-pyrrole nitrogens is 1. The van der Waals surface area contributed by atoms with Gasteiger partial charge in [0, 0.05) is 11.0 Å². The van der Waals surface area contributed by atoms with Crippen molar-refractivity contribution in [1.82, 2.24) is 10.2 Å². The van der Waals surface area contributed by atoms with E-state index in [0.717, 1.165) is 16.3 Å². The van der Waals surface area contributed by atoms with Gasteiger partial charge in [0.25, 0.3) is 5.91 Å². The molecule has 0 unspecified atom stereocenters. The van der Waals surface area contributed by atoms with E-state index in [1.165, 1.54) is 6.07 Å². The van der Waals surface area contributed by atoms with Crippen molar-refractivity contribution in [3.8, 4) is 0 Å². The Kier molecular flexibility index (Phi) is 3.88. The minimum absolute atomic E-state index is 0.247. The Bertz CT molecular complexity index is 553. The fraction of sp³-hybridized carbons (Fsp3) is 0.167. The van der Waals surface area contributed by atoms with Crippen LogP contribution in [0.15, 0.2) is 35.2 Å². The predicted molar refractivity (Wildman–Crippen MR) is 73.8 cm³/mol. The number of rotatable bonds is 4. The van der Waals surface area contributed by atoms with E-state index in [2.05, 4.69) is 22.4 Å². The molecule has 2 rings (SSSR count). The van der Waals surface area contributed by atoms with Gasteiger partial charge in [-0.15, -0.1) is 11.8 Å². The zero-order valence-electron chi connectivity index (χ0n) is 9.93. The fourth-order valence-electron chi connectivity index (χ4n) is 1.49. The van der Waals surface area contributed by atoms with E-state index in [9.17, 15) is 4.79 Å². The van der Waals surface area contributed by atoms with Crippen LogP contribution < -0.4 is 11.1 Å². The van der Waals surface area contributed by atoms with Gasteiger partial charge in [0.2, 0.25) is 0 Å². The number of para-hydroxylation sites is 1. The van der Waals surface area contributed by atoms with Crippen LogP contribution in [0.4, 0.5) is 11.5 Å². The quantitative estimate of drug-likeness (QED) is 0.738. The van der Waals surface area contributed by atoms with Gasteiger partial charge in [-0.1, -0.05) is 19.1 Å². The largest absolute Gasteiger partial charge is 0.382 e. The molecule has 0 spiro atoms. The average molecular weight is 262 g/mol. The molecule has 4 N–H and O–H groups in total. The maximum Gasteiger partial charge on any atom is 0.273 e. The first-order valence-corrected chi connectivity index (χ1v) is 6.53. The third kappa shape index (κ3) is 2.84. The van der Waals surface area contributed by atoms with Crippen LogP contribution in [-0.2, 0) is 0 Å². The first kappa shape index (κ1) is 12.5. The van der Waals surface area contributed by atoms with Gasteiger partial charge in [-0.05, 0) is 17.9 Å². The van der Waals surface area contributed by atoms with E-state index in [4.69, 9.17) is 5.73 Å². The monoisotopic (exact) mass is 262 g/mol. The summed E-state index contributed by atoms with van der Waals surface area (Å²) in [5, 5.41) is 9.15. The third-order valence-corrected chi connectivity index (χ3v) is 3.23. The number of amides is 1. The lowest BCUT2D eigenvalue weighted by molar-refractivity contribution is 0.102. The first-order chi connectivity index (χ1) is 8.70. The molecule has 94 valence electrons. The number of nitrogen functional groups attached to an aromatic ring is 1. The normalized spacial score (nSPS) is 10.3. The molecule has 0 aliphatic heterocycles. The van der Waals surface area contributed by atoms with Crippen LogP contribution in [0, 0.1) is 0 Å². The summed E-state index contributed by atoms with van der Waals surface area (Å²) in [7, 11) is 0. The SMILES string of the molecule is CCSc1ccccc1NC(=O)c1cc(N)n[nH]1. The van der Waals surface area contributed by atoms with Crippen molar-refractivity contribution in [2.24, 2.45) is 0 Å². The van der Waals surface area contributed by atoms with Gasteiger partial charge in [0.15, 0.2) is 0 Å². The minimum atomic E-state index is -0.247. The number of hydrogen-bond acceptors (Lipinski definition) is 4. The number of hydrogen-bond donors (Lipinski definition) is 3. The number of nitrogens with two attached hydrogens (primary N) is 1. The molecule has 0 aliphatic rings. The molecule has 0 aliphatic carbocycles. The lowest BCUT2D eigenvalue weighted by atomic mass is 10.3. The Hall–Kier alpha value is -1.95. The van der Waals surface area contributed by atoms with Gasteiger partial charge in [0.1, 0.15) is 11.5 Å². The zero-order valence-corrected chi connectivity index (χ0v) is 10.8. The van der Waals surface area contributed by atoms with Crippen molar-refractivity contribution in [3.63, 3.8) is 0 Å². The summed E-state index contributed by atoms with van der Waals surface area (Å²) in [6.45, 7) is 2.07. The van der Waals surface area contributed by atoms with Crippen LogP contribution in [0.2, 0.25) is 0 Å². The van der Waals surface area contributed by atoms with Crippen molar-refractivity contribution in [1.29, 1.82) is 0 Å². The van der Waals surface area contributed by atoms with E-state index < -0.39 is 0 Å². The second kappa shape index (κ2) is 5.59. The van der Waals surface area contributed by atoms with E-state index in [-0.39, 0.29) is 5.91 Å². The molecule has 0 saturated heterocycles. The molecule has 1 aromatic carbocycles. The van der Waals surface area contributed by atoms with E-state index in [1.807, 2.05) is 24.3 Å². The zero-order chi connectivity index (χ0) is 13.0. The lowest BCUT2D eigenvalue weighted by Crippen LogP contribution is -2.13. The van der Waals surface area contributed by atoms with E-state index >= 15 is 0 Å². The lowest BCUT2D eigenvalue weighted by Gasteiger charge is -2.08. The maximum atomic E-state index is 11.9. The van der Waals surface area contributed by atoms with Crippen LogP contribution in [0.25, 0.3) is 0 Å². The summed E-state index contributed by atoms with van der Waals surface area (Å²) in [6.07, 6.45) is 0. The van der Waals surface area contributed by atoms with Gasteiger partial charge >= 0.3 is 0 Å². The highest BCUT2D eigenvalue weighted by Crippen LogP contribution is 2.26. The smallest absolute Gasteiger partial charge is 0.273 e. The Balaban J connectivity index is 2.16. The number of aromatic amines is 1. The Morgan fingerprint density at radius 2 is 2.28 bits per heavy atom. The van der Waals surface area contributed by atoms with Crippen LogP contribution in [0.3, 0.4) is 0 Å². The molecule has 6 heteroatoms. The molecule has 1 amide bonds. The average Bonchev–Trinajstić information content (AvgIpc) is 2.79. The van der Waals surface area contributed by atoms with Gasteiger partial charge in [-0.2, -0.15) is 5.10 Å². The molecule has 0 bridgehead atoms. The summed E-state index contributed by atoms with van der Waals surface area (Å²) in [5.74, 6) is 1.00. The molecule has 1 heterocycles. The molecular formula is C12H14N4OS. The summed E-state index contributed by atoms with van der Waals surface area (Å²) in [4.78, 5) is 13.0. The highest BCUT2D eigenvalue weighted by Gasteiger charge is 2.11. The summed E-state index contributed by atoms with van der Waals surface area (Å²) >= 11 is 1.68. The van der Waals surface area contributed by atoms with Gasteiger partial charge in [-0.3, -0.25) is 9.89 Å². The van der Waals surface area contributed by atoms with E-state index in [0.29, 0.717) is 11.5 Å². The highest BCUT2D eigenvalue weighted by atomic mass is 32.2. The summed E-state index contributed by atoms with van der Waals surface area (Å²) in [6, 6.07) is 9.18. The highest BCUT2D eigenvalue weighted by molar-refractivity contribution is 7.99. The number of thioether (sulfide) groups is 1. The molecule has 1 aromatic heterocycles. The van der Waals surface area contributed by atoms with Crippen LogP contribution in [0.1, 0.15) is 17.4 Å². The van der Waals surface area contributed by atoms with Crippen molar-refractivity contribution in [2.75, 3.05) is 16.8 Å². The molecule has 2 aromatic rings. The topological polar surface area (TPSA) is 83.8 Å². The summed E-state index contributed by atoms with van der Waals surface area (Å²) in [5.41, 5.74) is 6.61. The number of benzene rings is 1. The van der Waals surface area contributed by atoms with Gasteiger partial charge in [-0.25, -0.2) is 0 Å². The van der Waals surface area contributed by atoms with Crippen molar-refractivity contribution >= 4 is 29.2 Å². The van der Waals surface area contributed by atoms with Crippen molar-refractivity contribution in [2.45, 2.75) is 11.8 Å². The van der Waals surface area contributed by atoms with Crippen LogP contribution >= 0.6 is 11.8 Å². The number of nitrogens with zero attached hydrogens (tertiary/aromatic N) is 1. The number of carbonyl (C=O) groups is 1. The second-order valence-electron chi connectivity index (χ2n) is 3.59. The second-order valence-corrected chi connectivity index (χ2v) is 4.90. The third-order valence-electron chi connectivity index (χ3n) is 2.28. The predicted octanol–water partition coefficient (Wildman–Crippen LogP) is 2.36. The molecule has 0 atom stereocenters. The molecule has 0 radical (unpaired) electrons. The number of nitrogens with one attached hydrogen (secondary N) is 2. The minimum Gasteiger partial charge on any atom is -0.382 e. The van der Waals surface area contributed by atoms with Crippen LogP contribution in [0.5, 0.6) is 0 Å². The van der Waals surface area contributed by atoms with Crippen LogP contribution in [-0.4, -0.2) is 21.9 Å². The van der Waals surface area contributed by atoms with Crippen molar-refractivity contribution < 1.29 is 4.79 Å². The molecule has 5 nitrogen and oxygen atoms in total. The van der Waals surface area contributed by atoms with E-state index in [1.54, 1.807) is 11.8 Å². The Labute approximate surface area is 109 Å². The molecular weight excluding hydrogens is 248 g/mol. The number of carbonyl (C=O) groups excluding carboxylic acids is 1. The maximum absolute atomic E-state index is 11.9. The first-order valence-electron chi connectivity index (χ1n) is 5.54. The summed E-state index contributed by atoms with van der Waals surface area (Å²) < 4.78 is 0. The van der Waals surface area contributed by atoms with Crippen molar-refractivity contribution in [3.05, 3.63) is 36.0 Å².